The van der Waals surface area contributed by atoms with Gasteiger partial charge in [0.05, 0.1) is 18.5 Å². The summed E-state index contributed by atoms with van der Waals surface area (Å²) in [5.74, 6) is -0.0119. The molecule has 0 spiro atoms. The van der Waals surface area contributed by atoms with Crippen LogP contribution in [-0.2, 0) is 9.30 Å². The topological polar surface area (TPSA) is 163 Å². The molecule has 0 saturated carbocycles. The number of hydrogen-bond donors (Lipinski definition) is 5. The highest BCUT2D eigenvalue weighted by atomic mass is 35.5. The minimum Gasteiger partial charge on any atom is -0.388 e. The van der Waals surface area contributed by atoms with E-state index >= 15 is 0 Å². The number of unbranched alkanes of at least 4 members (excludes halogenated alkanes) is 1. The third-order valence-electron chi connectivity index (χ3n) is 5.92. The van der Waals surface area contributed by atoms with Crippen LogP contribution in [0, 0.1) is 5.82 Å². The summed E-state index contributed by atoms with van der Waals surface area (Å²) in [4.78, 5) is 30.8. The van der Waals surface area contributed by atoms with Gasteiger partial charge < -0.3 is 30.1 Å². The van der Waals surface area contributed by atoms with Gasteiger partial charge in [-0.15, -0.1) is 0 Å². The molecular formula is C21H26ClFN5O6P. The van der Waals surface area contributed by atoms with Crippen molar-refractivity contribution in [1.82, 2.24) is 19.5 Å². The van der Waals surface area contributed by atoms with Crippen LogP contribution >= 0.6 is 19.2 Å². The maximum atomic E-state index is 13.3. The highest BCUT2D eigenvalue weighted by molar-refractivity contribution is 7.51. The van der Waals surface area contributed by atoms with Gasteiger partial charge in [0.25, 0.3) is 0 Å². The number of aliphatic hydroxyl groups is 2. The molecule has 5 N–H and O–H groups in total. The van der Waals surface area contributed by atoms with Crippen molar-refractivity contribution in [1.29, 1.82) is 0 Å². The summed E-state index contributed by atoms with van der Waals surface area (Å²) in [6.45, 7) is 1.86. The van der Waals surface area contributed by atoms with E-state index in [0.717, 1.165) is 5.56 Å². The Morgan fingerprint density at radius 1 is 1.20 bits per heavy atom. The molecule has 1 saturated heterocycles. The van der Waals surface area contributed by atoms with E-state index in [2.05, 4.69) is 20.3 Å². The lowest BCUT2D eigenvalue weighted by Gasteiger charge is -2.18. The molecule has 4 rings (SSSR count). The van der Waals surface area contributed by atoms with E-state index in [9.17, 15) is 19.2 Å². The van der Waals surface area contributed by atoms with Crippen molar-refractivity contribution in [3.8, 4) is 0 Å². The molecule has 3 heterocycles. The second-order valence-corrected chi connectivity index (χ2v) is 10.6. The van der Waals surface area contributed by atoms with Gasteiger partial charge in [-0.1, -0.05) is 18.6 Å². The third kappa shape index (κ3) is 5.97. The fraction of sp³-hybridized carbons (Fsp3) is 0.476. The summed E-state index contributed by atoms with van der Waals surface area (Å²) in [5, 5.41) is 24.2. The molecule has 0 aliphatic carbocycles. The number of rotatable bonds is 9. The summed E-state index contributed by atoms with van der Waals surface area (Å²) >= 11 is 6.16. The van der Waals surface area contributed by atoms with Gasteiger partial charge in [-0.25, -0.2) is 9.37 Å². The second-order valence-electron chi connectivity index (χ2n) is 8.51. The van der Waals surface area contributed by atoms with Gasteiger partial charge >= 0.3 is 7.60 Å². The Morgan fingerprint density at radius 2 is 1.91 bits per heavy atom. The van der Waals surface area contributed by atoms with E-state index < -0.39 is 32.1 Å². The predicted octanol–water partition coefficient (Wildman–Crippen LogP) is 2.76. The maximum Gasteiger partial charge on any atom is 0.325 e. The van der Waals surface area contributed by atoms with E-state index in [1.54, 1.807) is 12.1 Å². The standard InChI is InChI=1S/C21H26ClFN5O6P/c1-11(12-5-7-13(23)8-6-12)25-18-15-19(27-21(22)26-18)28(10-24-15)20-17(30)16(29)14(34-20)4-2-3-9-35(31,32)33/h5-8,10-11,14,16-17,20,29-30H,2-4,9H2,1H3,(H,25,26,27)(H2,31,32,33)/t11-,14+,16?,17?,20+/m0/s1. The van der Waals surface area contributed by atoms with Crippen LogP contribution in [0.25, 0.3) is 11.2 Å². The van der Waals surface area contributed by atoms with Crippen molar-refractivity contribution in [2.75, 3.05) is 11.5 Å². The fourth-order valence-electron chi connectivity index (χ4n) is 4.08. The molecule has 1 aliphatic heterocycles. The number of aromatic nitrogens is 4. The highest BCUT2D eigenvalue weighted by Crippen LogP contribution is 2.38. The molecule has 0 amide bonds. The van der Waals surface area contributed by atoms with Crippen molar-refractivity contribution in [3.63, 3.8) is 0 Å². The number of aliphatic hydroxyl groups excluding tert-OH is 2. The molecule has 3 aromatic rings. The monoisotopic (exact) mass is 529 g/mol. The molecular weight excluding hydrogens is 504 g/mol. The summed E-state index contributed by atoms with van der Waals surface area (Å²) in [7, 11) is -4.09. The lowest BCUT2D eigenvalue weighted by Crippen LogP contribution is -2.31. The zero-order valence-corrected chi connectivity index (χ0v) is 20.3. The van der Waals surface area contributed by atoms with E-state index in [-0.39, 0.29) is 35.4 Å². The lowest BCUT2D eigenvalue weighted by molar-refractivity contribution is -0.0373. The first-order chi connectivity index (χ1) is 16.5. The maximum absolute atomic E-state index is 13.3. The third-order valence-corrected chi connectivity index (χ3v) is 6.98. The van der Waals surface area contributed by atoms with Crippen LogP contribution in [0.5, 0.6) is 0 Å². The minimum atomic E-state index is -4.09. The van der Waals surface area contributed by atoms with Crippen molar-refractivity contribution >= 4 is 36.2 Å². The summed E-state index contributed by atoms with van der Waals surface area (Å²) in [6, 6.07) is 5.75. The first-order valence-electron chi connectivity index (χ1n) is 11.0. The van der Waals surface area contributed by atoms with Gasteiger partial charge in [-0.3, -0.25) is 9.13 Å². The Morgan fingerprint density at radius 3 is 2.60 bits per heavy atom. The normalized spacial score (nSPS) is 23.6. The highest BCUT2D eigenvalue weighted by Gasteiger charge is 2.44. The van der Waals surface area contributed by atoms with Gasteiger partial charge in [0.1, 0.15) is 18.0 Å². The van der Waals surface area contributed by atoms with Crippen LogP contribution in [-0.4, -0.2) is 64.0 Å². The Balaban J connectivity index is 1.52. The molecule has 2 unspecified atom stereocenters. The molecule has 1 aliphatic rings. The van der Waals surface area contributed by atoms with Gasteiger partial charge in [-0.05, 0) is 49.1 Å². The first kappa shape index (κ1) is 25.9. The summed E-state index contributed by atoms with van der Waals surface area (Å²) < 4.78 is 31.6. The van der Waals surface area contributed by atoms with Crippen LogP contribution in [0.4, 0.5) is 10.2 Å². The molecule has 0 bridgehead atoms. The Hall–Kier alpha value is -2.18. The van der Waals surface area contributed by atoms with E-state index in [1.165, 1.54) is 23.0 Å². The van der Waals surface area contributed by atoms with E-state index in [0.29, 0.717) is 24.2 Å². The van der Waals surface area contributed by atoms with Crippen LogP contribution in [0.15, 0.2) is 30.6 Å². The first-order valence-corrected chi connectivity index (χ1v) is 13.2. The van der Waals surface area contributed by atoms with Crippen LogP contribution in [0.1, 0.15) is 44.0 Å². The molecule has 1 aromatic carbocycles. The SMILES string of the molecule is C[C@H](Nc1nc(Cl)nc2c1ncn2[C@@H]1O[C@H](CCCCP(=O)(O)O)C(O)C1O)c1ccc(F)cc1. The largest absolute Gasteiger partial charge is 0.388 e. The van der Waals surface area contributed by atoms with E-state index in [4.69, 9.17) is 26.1 Å². The van der Waals surface area contributed by atoms with Gasteiger partial charge in [-0.2, -0.15) is 9.97 Å². The van der Waals surface area contributed by atoms with Crippen LogP contribution < -0.4 is 5.32 Å². The number of nitrogens with one attached hydrogen (secondary N) is 1. The molecule has 11 nitrogen and oxygen atoms in total. The van der Waals surface area contributed by atoms with Crippen LogP contribution in [0.3, 0.4) is 0 Å². The number of fused-ring (bicyclic) bond motifs is 1. The molecule has 14 heteroatoms. The zero-order chi connectivity index (χ0) is 25.3. The Bertz CT molecular complexity index is 1220. The summed E-state index contributed by atoms with van der Waals surface area (Å²) in [6.07, 6.45) is -2.12. The number of nitrogens with zero attached hydrogens (tertiary/aromatic N) is 4. The number of imidazole rings is 1. The van der Waals surface area contributed by atoms with Crippen molar-refractivity contribution in [2.24, 2.45) is 0 Å². The zero-order valence-electron chi connectivity index (χ0n) is 18.7. The number of halogens is 2. The predicted molar refractivity (Wildman–Crippen MR) is 125 cm³/mol. The molecule has 5 atom stereocenters. The van der Waals surface area contributed by atoms with Gasteiger partial charge in [0.15, 0.2) is 23.2 Å². The molecule has 1 fully saturated rings. The second kappa shape index (κ2) is 10.4. The van der Waals surface area contributed by atoms with E-state index in [1.807, 2.05) is 6.92 Å². The molecule has 2 aromatic heterocycles. The molecule has 0 radical (unpaired) electrons. The number of hydrogen-bond acceptors (Lipinski definition) is 8. The van der Waals surface area contributed by atoms with Crippen molar-refractivity contribution in [2.45, 2.75) is 56.8 Å². The quantitative estimate of drug-likeness (QED) is 0.158. The smallest absolute Gasteiger partial charge is 0.325 e. The number of ether oxygens (including phenoxy) is 1. The summed E-state index contributed by atoms with van der Waals surface area (Å²) in [5.41, 5.74) is 1.45. The van der Waals surface area contributed by atoms with Crippen molar-refractivity contribution in [3.05, 3.63) is 47.3 Å². The lowest BCUT2D eigenvalue weighted by atomic mass is 10.1. The van der Waals surface area contributed by atoms with Crippen molar-refractivity contribution < 1.29 is 33.7 Å². The molecule has 35 heavy (non-hydrogen) atoms. The minimum absolute atomic E-state index is 0.0740. The van der Waals surface area contributed by atoms with Gasteiger partial charge in [0, 0.05) is 6.16 Å². The van der Waals surface area contributed by atoms with Gasteiger partial charge in [0.2, 0.25) is 5.28 Å². The number of anilines is 1. The Kier molecular flexibility index (Phi) is 7.72. The average molecular weight is 530 g/mol. The average Bonchev–Trinajstić information content (AvgIpc) is 3.32. The number of benzene rings is 1. The Labute approximate surface area is 205 Å². The molecule has 190 valence electrons. The van der Waals surface area contributed by atoms with Crippen LogP contribution in [0.2, 0.25) is 5.28 Å². The fourth-order valence-corrected chi connectivity index (χ4v) is 4.88.